The van der Waals surface area contributed by atoms with E-state index in [-0.39, 0.29) is 0 Å². The summed E-state index contributed by atoms with van der Waals surface area (Å²) in [7, 11) is 1.96. The Morgan fingerprint density at radius 1 is 1.23 bits per heavy atom. The van der Waals surface area contributed by atoms with E-state index in [9.17, 15) is 0 Å². The van der Waals surface area contributed by atoms with Crippen molar-refractivity contribution in [2.45, 2.75) is 0 Å². The molecule has 2 rings (SSSR count). The molecule has 0 saturated heterocycles. The molecule has 0 aliphatic rings. The third-order valence-electron chi connectivity index (χ3n) is 1.94. The molecular weight excluding hydrogens is 275 g/mol. The lowest BCUT2D eigenvalue weighted by molar-refractivity contribution is 0.775. The summed E-state index contributed by atoms with van der Waals surface area (Å²) in [6, 6.07) is 10.3. The van der Waals surface area contributed by atoms with Crippen molar-refractivity contribution >= 4 is 22.6 Å². The van der Waals surface area contributed by atoms with Crippen molar-refractivity contribution in [3.63, 3.8) is 0 Å². The van der Waals surface area contributed by atoms with E-state index in [1.807, 2.05) is 36.1 Å². The molecule has 1 aromatic carbocycles. The molecule has 0 N–H and O–H groups in total. The minimum Gasteiger partial charge on any atom is -0.267 e. The Morgan fingerprint density at radius 3 is 2.46 bits per heavy atom. The molecule has 1 heterocycles. The zero-order valence-corrected chi connectivity index (χ0v) is 9.39. The fourth-order valence-electron chi connectivity index (χ4n) is 1.33. The number of hydrogen-bond donors (Lipinski definition) is 0. The molecule has 0 unspecified atom stereocenters. The smallest absolute Gasteiger partial charge is 0.0812 e. The summed E-state index contributed by atoms with van der Waals surface area (Å²) in [5, 5.41) is 4.20. The van der Waals surface area contributed by atoms with E-state index in [2.05, 4.69) is 39.8 Å². The third-order valence-corrected chi connectivity index (χ3v) is 2.73. The fraction of sp³-hybridized carbons (Fsp3) is 0.100. The number of aryl methyl sites for hydroxylation is 1. The van der Waals surface area contributed by atoms with Gasteiger partial charge in [0.25, 0.3) is 0 Å². The molecule has 0 radical (unpaired) electrons. The van der Waals surface area contributed by atoms with E-state index < -0.39 is 0 Å². The zero-order chi connectivity index (χ0) is 9.26. The van der Waals surface area contributed by atoms with E-state index in [1.54, 1.807) is 0 Å². The molecular formula is C10H9IN2. The van der Waals surface area contributed by atoms with Crippen molar-refractivity contribution in [1.29, 1.82) is 0 Å². The van der Waals surface area contributed by atoms with Crippen LogP contribution in [0, 0.1) is 3.57 Å². The Hall–Kier alpha value is -0.840. The van der Waals surface area contributed by atoms with Crippen LogP contribution in [0.5, 0.6) is 0 Å². The van der Waals surface area contributed by atoms with Gasteiger partial charge in [0, 0.05) is 12.6 Å². The monoisotopic (exact) mass is 284 g/mol. The van der Waals surface area contributed by atoms with E-state index in [1.165, 1.54) is 14.8 Å². The van der Waals surface area contributed by atoms with Crippen LogP contribution in [0.4, 0.5) is 0 Å². The molecule has 0 bridgehead atoms. The number of aromatic nitrogens is 2. The highest BCUT2D eigenvalue weighted by molar-refractivity contribution is 14.1. The van der Waals surface area contributed by atoms with Crippen LogP contribution in [0.25, 0.3) is 11.3 Å². The number of benzene rings is 1. The first kappa shape index (κ1) is 8.74. The Labute approximate surface area is 90.7 Å². The predicted octanol–water partition coefficient (Wildman–Crippen LogP) is 2.69. The first-order valence-electron chi connectivity index (χ1n) is 4.02. The Bertz CT molecular complexity index is 387. The second kappa shape index (κ2) is 3.49. The van der Waals surface area contributed by atoms with Crippen LogP contribution in [0.3, 0.4) is 0 Å². The van der Waals surface area contributed by atoms with E-state index in [4.69, 9.17) is 0 Å². The topological polar surface area (TPSA) is 17.8 Å². The van der Waals surface area contributed by atoms with Gasteiger partial charge in [0.2, 0.25) is 0 Å². The van der Waals surface area contributed by atoms with Crippen molar-refractivity contribution < 1.29 is 0 Å². The molecule has 0 amide bonds. The van der Waals surface area contributed by atoms with E-state index in [0.29, 0.717) is 0 Å². The third kappa shape index (κ3) is 1.60. The maximum absolute atomic E-state index is 4.20. The summed E-state index contributed by atoms with van der Waals surface area (Å²) in [6.07, 6.45) is 1.88. The van der Waals surface area contributed by atoms with Crippen LogP contribution in [-0.4, -0.2) is 9.78 Å². The minimum atomic E-state index is 1.18. The number of hydrogen-bond acceptors (Lipinski definition) is 1. The summed E-state index contributed by atoms with van der Waals surface area (Å²) >= 11 is 2.30. The Morgan fingerprint density at radius 2 is 1.92 bits per heavy atom. The van der Waals surface area contributed by atoms with Gasteiger partial charge in [-0.25, -0.2) is 0 Å². The first-order chi connectivity index (χ1) is 6.29. The Balaban J connectivity index is 2.59. The first-order valence-corrected chi connectivity index (χ1v) is 5.10. The second-order valence-electron chi connectivity index (χ2n) is 2.83. The molecule has 3 heteroatoms. The van der Waals surface area contributed by atoms with Crippen molar-refractivity contribution in [2.75, 3.05) is 0 Å². The molecule has 2 nitrogen and oxygen atoms in total. The quantitative estimate of drug-likeness (QED) is 0.736. The highest BCUT2D eigenvalue weighted by Gasteiger charge is 2.06. The average molecular weight is 284 g/mol. The van der Waals surface area contributed by atoms with Gasteiger partial charge >= 0.3 is 0 Å². The highest BCUT2D eigenvalue weighted by atomic mass is 127. The van der Waals surface area contributed by atoms with Gasteiger partial charge in [-0.1, -0.05) is 30.3 Å². The molecule has 0 spiro atoms. The maximum Gasteiger partial charge on any atom is 0.0812 e. The van der Waals surface area contributed by atoms with Crippen LogP contribution in [0.15, 0.2) is 36.5 Å². The molecule has 0 aliphatic carbocycles. The summed E-state index contributed by atoms with van der Waals surface area (Å²) in [6.45, 7) is 0. The van der Waals surface area contributed by atoms with Crippen LogP contribution in [-0.2, 0) is 7.05 Å². The lowest BCUT2D eigenvalue weighted by atomic mass is 10.1. The zero-order valence-electron chi connectivity index (χ0n) is 7.24. The van der Waals surface area contributed by atoms with Gasteiger partial charge < -0.3 is 0 Å². The van der Waals surface area contributed by atoms with Crippen LogP contribution >= 0.6 is 22.6 Å². The Kier molecular flexibility index (Phi) is 2.35. The van der Waals surface area contributed by atoms with Crippen LogP contribution in [0.1, 0.15) is 0 Å². The molecule has 0 saturated carbocycles. The van der Waals surface area contributed by atoms with Gasteiger partial charge in [-0.3, -0.25) is 4.68 Å². The second-order valence-corrected chi connectivity index (χ2v) is 3.99. The van der Waals surface area contributed by atoms with Crippen molar-refractivity contribution in [3.8, 4) is 11.3 Å². The number of rotatable bonds is 1. The summed E-state index contributed by atoms with van der Waals surface area (Å²) in [4.78, 5) is 0. The lowest BCUT2D eigenvalue weighted by Gasteiger charge is -2.01. The van der Waals surface area contributed by atoms with E-state index >= 15 is 0 Å². The number of nitrogens with zero attached hydrogens (tertiary/aromatic N) is 2. The summed E-state index contributed by atoms with van der Waals surface area (Å²) in [5.41, 5.74) is 2.40. The molecule has 0 fully saturated rings. The van der Waals surface area contributed by atoms with Gasteiger partial charge in [-0.05, 0) is 22.6 Å². The van der Waals surface area contributed by atoms with Gasteiger partial charge in [-0.2, -0.15) is 5.10 Å². The van der Waals surface area contributed by atoms with E-state index in [0.717, 1.165) is 0 Å². The molecule has 1 aromatic heterocycles. The molecule has 66 valence electrons. The van der Waals surface area contributed by atoms with Gasteiger partial charge in [-0.15, -0.1) is 0 Å². The highest BCUT2D eigenvalue weighted by Crippen LogP contribution is 2.23. The fourth-order valence-corrected chi connectivity index (χ4v) is 2.12. The normalized spacial score (nSPS) is 10.3. The average Bonchev–Trinajstić information content (AvgIpc) is 2.48. The predicted molar refractivity (Wildman–Crippen MR) is 61.4 cm³/mol. The number of halogens is 1. The SMILES string of the molecule is Cn1ncc(I)c1-c1ccccc1. The molecule has 0 aliphatic heterocycles. The molecule has 2 aromatic rings. The summed E-state index contributed by atoms with van der Waals surface area (Å²) in [5.74, 6) is 0. The van der Waals surface area contributed by atoms with Crippen molar-refractivity contribution in [1.82, 2.24) is 9.78 Å². The molecule has 13 heavy (non-hydrogen) atoms. The van der Waals surface area contributed by atoms with Crippen LogP contribution < -0.4 is 0 Å². The van der Waals surface area contributed by atoms with Gasteiger partial charge in [0.1, 0.15) is 0 Å². The van der Waals surface area contributed by atoms with Gasteiger partial charge in [0.15, 0.2) is 0 Å². The summed E-state index contributed by atoms with van der Waals surface area (Å²) < 4.78 is 3.09. The molecule has 0 atom stereocenters. The largest absolute Gasteiger partial charge is 0.267 e. The maximum atomic E-state index is 4.20. The van der Waals surface area contributed by atoms with Crippen LogP contribution in [0.2, 0.25) is 0 Å². The standard InChI is InChI=1S/C10H9IN2/c1-13-10(9(11)7-12-13)8-5-3-2-4-6-8/h2-7H,1H3. The van der Waals surface area contributed by atoms with Crippen molar-refractivity contribution in [3.05, 3.63) is 40.1 Å². The lowest BCUT2D eigenvalue weighted by Crippen LogP contribution is -1.93. The van der Waals surface area contributed by atoms with Crippen molar-refractivity contribution in [2.24, 2.45) is 7.05 Å². The minimum absolute atomic E-state index is 1.18. The van der Waals surface area contributed by atoms with Gasteiger partial charge in [0.05, 0.1) is 15.5 Å².